The number of nitrogens with one attached hydrogen (secondary N) is 2. The third-order valence-electron chi connectivity index (χ3n) is 1.79. The van der Waals surface area contributed by atoms with Gasteiger partial charge in [-0.1, -0.05) is 10.9 Å². The summed E-state index contributed by atoms with van der Waals surface area (Å²) in [5.41, 5.74) is 2.73. The number of hydrogen-bond acceptors (Lipinski definition) is 6. The summed E-state index contributed by atoms with van der Waals surface area (Å²) in [4.78, 5) is 42.3. The van der Waals surface area contributed by atoms with Crippen molar-refractivity contribution in [2.24, 2.45) is 0 Å². The zero-order chi connectivity index (χ0) is 13.7. The fourth-order valence-corrected chi connectivity index (χ4v) is 1.07. The van der Waals surface area contributed by atoms with Crippen LogP contribution in [0.15, 0.2) is 24.3 Å². The topological polar surface area (TPSA) is 144 Å². The molecule has 0 bridgehead atoms. The van der Waals surface area contributed by atoms with Crippen LogP contribution in [0.4, 0.5) is 0 Å². The number of hydrogen-bond donors (Lipinski definition) is 2. The van der Waals surface area contributed by atoms with Gasteiger partial charge in [0.1, 0.15) is 0 Å². The smallest absolute Gasteiger partial charge is 0.263 e. The summed E-state index contributed by atoms with van der Waals surface area (Å²) in [7, 11) is 0. The summed E-state index contributed by atoms with van der Waals surface area (Å²) < 4.78 is 0. The zero-order valence-electron chi connectivity index (χ0n) is 8.65. The van der Waals surface area contributed by atoms with Gasteiger partial charge in [-0.15, -0.1) is 0 Å². The first-order valence-electron chi connectivity index (χ1n) is 4.41. The van der Waals surface area contributed by atoms with Gasteiger partial charge in [0.05, 0.1) is 0 Å². The number of carbonyl (C=O) groups is 2. The van der Waals surface area contributed by atoms with E-state index in [1.807, 2.05) is 0 Å². The Morgan fingerprint density at radius 2 is 1.11 bits per heavy atom. The molecule has 1 aromatic rings. The standard InChI is InChI=1S/C8H6N4O6/c13-7(9-11(15)16)5-1-2-6(4-3-5)8(14)10-12(17)18/h1-4H,(H,9,13)(H,10,14). The normalized spacial score (nSPS) is 9.33. The van der Waals surface area contributed by atoms with Gasteiger partial charge in [0.2, 0.25) is 0 Å². The van der Waals surface area contributed by atoms with Crippen LogP contribution in [0.5, 0.6) is 0 Å². The van der Waals surface area contributed by atoms with E-state index in [4.69, 9.17) is 0 Å². The van der Waals surface area contributed by atoms with Gasteiger partial charge in [-0.2, -0.15) is 0 Å². The molecule has 0 aromatic heterocycles. The Morgan fingerprint density at radius 3 is 1.33 bits per heavy atom. The van der Waals surface area contributed by atoms with Crippen molar-refractivity contribution in [3.05, 3.63) is 55.6 Å². The number of benzene rings is 1. The van der Waals surface area contributed by atoms with Gasteiger partial charge in [0, 0.05) is 11.1 Å². The minimum Gasteiger partial charge on any atom is -0.263 e. The van der Waals surface area contributed by atoms with Crippen LogP contribution in [0.2, 0.25) is 0 Å². The molecule has 10 nitrogen and oxygen atoms in total. The molecular weight excluding hydrogens is 248 g/mol. The number of nitrogens with zero attached hydrogens (tertiary/aromatic N) is 2. The second kappa shape index (κ2) is 5.34. The van der Waals surface area contributed by atoms with E-state index in [9.17, 15) is 29.8 Å². The third-order valence-corrected chi connectivity index (χ3v) is 1.79. The molecule has 0 saturated heterocycles. The maximum absolute atomic E-state index is 11.2. The van der Waals surface area contributed by atoms with Crippen LogP contribution in [-0.2, 0) is 0 Å². The second-order valence-corrected chi connectivity index (χ2v) is 2.97. The lowest BCUT2D eigenvalue weighted by Gasteiger charge is -1.99. The Bertz CT molecular complexity index is 464. The molecular formula is C8H6N4O6. The highest BCUT2D eigenvalue weighted by atomic mass is 16.7. The highest BCUT2D eigenvalue weighted by Crippen LogP contribution is 2.04. The highest BCUT2D eigenvalue weighted by molar-refractivity contribution is 5.96. The Balaban J connectivity index is 2.79. The van der Waals surface area contributed by atoms with Gasteiger partial charge in [0.15, 0.2) is 10.1 Å². The number of rotatable bonds is 4. The first-order valence-corrected chi connectivity index (χ1v) is 4.41. The maximum atomic E-state index is 11.2. The highest BCUT2D eigenvalue weighted by Gasteiger charge is 2.14. The number of nitro groups is 2. The molecule has 0 fully saturated rings. The van der Waals surface area contributed by atoms with Crippen LogP contribution in [0, 0.1) is 20.2 Å². The van der Waals surface area contributed by atoms with Crippen molar-refractivity contribution in [1.29, 1.82) is 0 Å². The van der Waals surface area contributed by atoms with E-state index in [1.165, 1.54) is 10.9 Å². The van der Waals surface area contributed by atoms with Crippen LogP contribution in [0.3, 0.4) is 0 Å². The molecule has 2 N–H and O–H groups in total. The SMILES string of the molecule is O=C(N[N+](=O)[O-])c1ccc(C(=O)N[N+](=O)[O-])cc1. The monoisotopic (exact) mass is 254 g/mol. The average molecular weight is 254 g/mol. The van der Waals surface area contributed by atoms with E-state index < -0.39 is 21.9 Å². The van der Waals surface area contributed by atoms with Crippen LogP contribution >= 0.6 is 0 Å². The van der Waals surface area contributed by atoms with E-state index in [0.717, 1.165) is 24.3 Å². The van der Waals surface area contributed by atoms with E-state index in [-0.39, 0.29) is 11.1 Å². The number of carbonyl (C=O) groups excluding carboxylic acids is 2. The van der Waals surface area contributed by atoms with Crippen molar-refractivity contribution in [3.8, 4) is 0 Å². The summed E-state index contributed by atoms with van der Waals surface area (Å²) in [5, 5.41) is 18.0. The lowest BCUT2D eigenvalue weighted by atomic mass is 10.1. The van der Waals surface area contributed by atoms with Crippen LogP contribution in [0.25, 0.3) is 0 Å². The number of hydrazine groups is 2. The minimum absolute atomic E-state index is 0.0515. The molecule has 0 aliphatic carbocycles. The Morgan fingerprint density at radius 1 is 0.833 bits per heavy atom. The molecule has 0 spiro atoms. The molecule has 0 unspecified atom stereocenters. The molecule has 0 heterocycles. The van der Waals surface area contributed by atoms with Crippen LogP contribution < -0.4 is 10.9 Å². The first kappa shape index (κ1) is 13.0. The first-order chi connectivity index (χ1) is 8.40. The predicted octanol–water partition coefficient (Wildman–Crippen LogP) is -0.470. The predicted molar refractivity (Wildman–Crippen MR) is 55.4 cm³/mol. The quantitative estimate of drug-likeness (QED) is 0.548. The van der Waals surface area contributed by atoms with Crippen LogP contribution in [-0.4, -0.2) is 21.9 Å². The minimum atomic E-state index is -1.02. The molecule has 94 valence electrons. The lowest BCUT2D eigenvalue weighted by molar-refractivity contribution is -0.527. The van der Waals surface area contributed by atoms with Gasteiger partial charge in [-0.3, -0.25) is 9.59 Å². The molecule has 1 aromatic carbocycles. The molecule has 1 rings (SSSR count). The lowest BCUT2D eigenvalue weighted by Crippen LogP contribution is -2.30. The summed E-state index contributed by atoms with van der Waals surface area (Å²) in [6.45, 7) is 0. The maximum Gasteiger partial charge on any atom is 0.310 e. The molecule has 0 atom stereocenters. The molecule has 10 heteroatoms. The van der Waals surface area contributed by atoms with Crippen molar-refractivity contribution in [2.75, 3.05) is 0 Å². The Hall–Kier alpha value is -3.04. The molecule has 2 amide bonds. The Labute approximate surface area is 98.8 Å². The summed E-state index contributed by atoms with van der Waals surface area (Å²) in [5.74, 6) is -1.91. The summed E-state index contributed by atoms with van der Waals surface area (Å²) in [6, 6.07) is 4.53. The fourth-order valence-electron chi connectivity index (χ4n) is 1.07. The van der Waals surface area contributed by atoms with Gasteiger partial charge in [-0.25, -0.2) is 20.2 Å². The average Bonchev–Trinajstić information content (AvgIpc) is 2.27. The molecule has 0 aliphatic heterocycles. The van der Waals surface area contributed by atoms with Gasteiger partial charge in [0.25, 0.3) is 0 Å². The summed E-state index contributed by atoms with van der Waals surface area (Å²) >= 11 is 0. The van der Waals surface area contributed by atoms with E-state index >= 15 is 0 Å². The number of amides is 2. The molecule has 0 saturated carbocycles. The van der Waals surface area contributed by atoms with Gasteiger partial charge < -0.3 is 0 Å². The fraction of sp³-hybridized carbons (Fsp3) is 0. The molecule has 18 heavy (non-hydrogen) atoms. The van der Waals surface area contributed by atoms with E-state index in [1.54, 1.807) is 0 Å². The van der Waals surface area contributed by atoms with Gasteiger partial charge >= 0.3 is 11.8 Å². The largest absolute Gasteiger partial charge is 0.310 e. The van der Waals surface area contributed by atoms with Gasteiger partial charge in [-0.05, 0) is 24.3 Å². The van der Waals surface area contributed by atoms with Crippen molar-refractivity contribution < 1.29 is 19.7 Å². The molecule has 0 aliphatic rings. The molecule has 0 radical (unpaired) electrons. The van der Waals surface area contributed by atoms with Crippen molar-refractivity contribution >= 4 is 11.8 Å². The second-order valence-electron chi connectivity index (χ2n) is 2.97. The van der Waals surface area contributed by atoms with E-state index in [2.05, 4.69) is 0 Å². The third kappa shape index (κ3) is 3.52. The summed E-state index contributed by atoms with van der Waals surface area (Å²) in [6.07, 6.45) is 0. The van der Waals surface area contributed by atoms with Crippen LogP contribution in [0.1, 0.15) is 20.7 Å². The van der Waals surface area contributed by atoms with Crippen molar-refractivity contribution in [2.45, 2.75) is 0 Å². The van der Waals surface area contributed by atoms with Crippen molar-refractivity contribution in [3.63, 3.8) is 0 Å². The Kier molecular flexibility index (Phi) is 3.86. The van der Waals surface area contributed by atoms with Crippen molar-refractivity contribution in [1.82, 2.24) is 10.9 Å². The zero-order valence-corrected chi connectivity index (χ0v) is 8.65. The van der Waals surface area contributed by atoms with E-state index in [0.29, 0.717) is 0 Å².